The van der Waals surface area contributed by atoms with E-state index in [1.807, 2.05) is 0 Å². The van der Waals surface area contributed by atoms with E-state index in [9.17, 15) is 14.4 Å². The van der Waals surface area contributed by atoms with Gasteiger partial charge in [0.1, 0.15) is 13.2 Å². The third-order valence-electron chi connectivity index (χ3n) is 13.5. The summed E-state index contributed by atoms with van der Waals surface area (Å²) in [5, 5.41) is 0. The van der Waals surface area contributed by atoms with Crippen molar-refractivity contribution in [3.63, 3.8) is 0 Å². The van der Waals surface area contributed by atoms with Gasteiger partial charge in [-0.1, -0.05) is 248 Å². The first-order chi connectivity index (χ1) is 35.0. The van der Waals surface area contributed by atoms with E-state index in [0.717, 1.165) is 83.5 Å². The molecule has 0 bridgehead atoms. The number of unbranched alkanes of at least 4 members (excludes halogenated alkanes) is 35. The molecule has 412 valence electrons. The number of allylic oxidation sites excluding steroid dienone is 10. The smallest absolute Gasteiger partial charge is 0.306 e. The average Bonchev–Trinajstić information content (AvgIpc) is 3.37. The Morgan fingerprint density at radius 2 is 0.507 bits per heavy atom. The summed E-state index contributed by atoms with van der Waals surface area (Å²) in [6.45, 7) is 6.62. The van der Waals surface area contributed by atoms with E-state index in [1.165, 1.54) is 193 Å². The highest BCUT2D eigenvalue weighted by atomic mass is 16.6. The molecule has 0 N–H and O–H groups in total. The first kappa shape index (κ1) is 68.1. The van der Waals surface area contributed by atoms with E-state index in [4.69, 9.17) is 14.2 Å². The van der Waals surface area contributed by atoms with Gasteiger partial charge in [-0.15, -0.1) is 0 Å². The average molecular weight is 994 g/mol. The number of ether oxygens (including phenoxy) is 3. The second-order valence-corrected chi connectivity index (χ2v) is 20.6. The Morgan fingerprint density at radius 1 is 0.282 bits per heavy atom. The Bertz CT molecular complexity index is 1280. The Morgan fingerprint density at radius 3 is 0.831 bits per heavy atom. The minimum Gasteiger partial charge on any atom is -0.462 e. The van der Waals surface area contributed by atoms with E-state index in [0.29, 0.717) is 19.3 Å². The quantitative estimate of drug-likeness (QED) is 0.0261. The van der Waals surface area contributed by atoms with Crippen molar-refractivity contribution >= 4 is 17.9 Å². The van der Waals surface area contributed by atoms with Crippen molar-refractivity contribution in [2.45, 2.75) is 322 Å². The molecule has 0 radical (unpaired) electrons. The van der Waals surface area contributed by atoms with Gasteiger partial charge in [-0.2, -0.15) is 0 Å². The minimum absolute atomic E-state index is 0.0833. The van der Waals surface area contributed by atoms with Gasteiger partial charge in [-0.05, 0) is 109 Å². The van der Waals surface area contributed by atoms with Gasteiger partial charge in [0, 0.05) is 19.3 Å². The largest absolute Gasteiger partial charge is 0.462 e. The summed E-state index contributed by atoms with van der Waals surface area (Å²) in [6.07, 6.45) is 75.0. The third kappa shape index (κ3) is 57.9. The number of carbonyl (C=O) groups excluding carboxylic acids is 3. The zero-order valence-electron chi connectivity index (χ0n) is 47.2. The molecule has 0 aliphatic heterocycles. The fourth-order valence-corrected chi connectivity index (χ4v) is 8.79. The molecule has 0 aromatic rings. The van der Waals surface area contributed by atoms with E-state index in [2.05, 4.69) is 81.5 Å². The Hall–Kier alpha value is -2.89. The molecule has 0 saturated heterocycles. The molecule has 6 heteroatoms. The maximum atomic E-state index is 12.9. The monoisotopic (exact) mass is 993 g/mol. The topological polar surface area (TPSA) is 78.9 Å². The minimum atomic E-state index is -0.786. The molecular formula is C65H116O6. The van der Waals surface area contributed by atoms with Gasteiger partial charge in [0.2, 0.25) is 0 Å². The molecule has 0 fully saturated rings. The van der Waals surface area contributed by atoms with E-state index in [-0.39, 0.29) is 31.1 Å². The summed E-state index contributed by atoms with van der Waals surface area (Å²) < 4.78 is 16.9. The Labute approximate surface area is 440 Å². The summed E-state index contributed by atoms with van der Waals surface area (Å²) in [7, 11) is 0. The van der Waals surface area contributed by atoms with Gasteiger partial charge in [0.15, 0.2) is 6.10 Å². The Kier molecular flexibility index (Phi) is 57.2. The molecule has 71 heavy (non-hydrogen) atoms. The van der Waals surface area contributed by atoms with Gasteiger partial charge in [0.05, 0.1) is 0 Å². The molecule has 1 atom stereocenters. The van der Waals surface area contributed by atoms with Crippen LogP contribution in [0.5, 0.6) is 0 Å². The number of hydrogen-bond donors (Lipinski definition) is 0. The van der Waals surface area contributed by atoms with Crippen molar-refractivity contribution in [1.29, 1.82) is 0 Å². The molecule has 0 saturated carbocycles. The van der Waals surface area contributed by atoms with Gasteiger partial charge in [0.25, 0.3) is 0 Å². The van der Waals surface area contributed by atoms with Crippen molar-refractivity contribution in [3.8, 4) is 0 Å². The molecule has 0 aliphatic carbocycles. The standard InChI is InChI=1S/C65H116O6/c1-4-7-10-13-16-19-22-25-28-30-32-34-37-40-43-46-49-52-55-58-64(67)70-61-62(60-69-63(66)57-54-51-48-45-42-39-36-27-24-21-18-15-12-9-6-3)71-65(68)59-56-53-50-47-44-41-38-35-33-31-29-26-23-20-17-14-11-8-5-2/h16,19,25,27-28,31-34,36,62H,4-15,17-18,20-24,26,29-30,35,37-61H2,1-3H3/b19-16-,28-25-,33-31-,34-32-,36-27-/t62-/m1/s1. The number of carbonyl (C=O) groups is 3. The lowest BCUT2D eigenvalue weighted by Crippen LogP contribution is -2.30. The molecule has 0 aromatic heterocycles. The van der Waals surface area contributed by atoms with Gasteiger partial charge < -0.3 is 14.2 Å². The van der Waals surface area contributed by atoms with Crippen molar-refractivity contribution in [3.05, 3.63) is 60.8 Å². The summed E-state index contributed by atoms with van der Waals surface area (Å²) in [5.74, 6) is -0.894. The van der Waals surface area contributed by atoms with E-state index >= 15 is 0 Å². The predicted molar refractivity (Wildman–Crippen MR) is 307 cm³/mol. The lowest BCUT2D eigenvalue weighted by atomic mass is 10.1. The molecule has 0 unspecified atom stereocenters. The van der Waals surface area contributed by atoms with Crippen LogP contribution in [0.15, 0.2) is 60.8 Å². The second-order valence-electron chi connectivity index (χ2n) is 20.6. The second kappa shape index (κ2) is 59.7. The van der Waals surface area contributed by atoms with Gasteiger partial charge in [-0.25, -0.2) is 0 Å². The molecule has 0 heterocycles. The number of rotatable bonds is 56. The van der Waals surface area contributed by atoms with Crippen molar-refractivity contribution in [1.82, 2.24) is 0 Å². The summed E-state index contributed by atoms with van der Waals surface area (Å²) in [4.78, 5) is 38.3. The maximum absolute atomic E-state index is 12.9. The molecule has 0 rings (SSSR count). The molecular weight excluding hydrogens is 877 g/mol. The summed E-state index contributed by atoms with van der Waals surface area (Å²) in [6, 6.07) is 0. The first-order valence-corrected chi connectivity index (χ1v) is 30.8. The lowest BCUT2D eigenvalue weighted by molar-refractivity contribution is -0.167. The van der Waals surface area contributed by atoms with Crippen LogP contribution in [0.25, 0.3) is 0 Å². The van der Waals surface area contributed by atoms with Crippen molar-refractivity contribution in [2.24, 2.45) is 0 Å². The Balaban J connectivity index is 4.40. The maximum Gasteiger partial charge on any atom is 0.306 e. The van der Waals surface area contributed by atoms with Gasteiger partial charge >= 0.3 is 17.9 Å². The number of hydrogen-bond acceptors (Lipinski definition) is 6. The molecule has 6 nitrogen and oxygen atoms in total. The molecule has 0 aromatic carbocycles. The molecule has 0 aliphatic rings. The van der Waals surface area contributed by atoms with Crippen LogP contribution in [-0.2, 0) is 28.6 Å². The summed E-state index contributed by atoms with van der Waals surface area (Å²) in [5.41, 5.74) is 0. The van der Waals surface area contributed by atoms with Crippen molar-refractivity contribution in [2.75, 3.05) is 13.2 Å². The van der Waals surface area contributed by atoms with Crippen LogP contribution in [0.4, 0.5) is 0 Å². The van der Waals surface area contributed by atoms with Crippen LogP contribution < -0.4 is 0 Å². The predicted octanol–water partition coefficient (Wildman–Crippen LogP) is 20.8. The van der Waals surface area contributed by atoms with Crippen molar-refractivity contribution < 1.29 is 28.6 Å². The van der Waals surface area contributed by atoms with Crippen LogP contribution in [0.2, 0.25) is 0 Å². The van der Waals surface area contributed by atoms with Gasteiger partial charge in [-0.3, -0.25) is 14.4 Å². The van der Waals surface area contributed by atoms with E-state index < -0.39 is 6.10 Å². The highest BCUT2D eigenvalue weighted by Crippen LogP contribution is 2.15. The first-order valence-electron chi connectivity index (χ1n) is 30.8. The SMILES string of the molecule is CCCCC/C=C\C/C=C\C/C=C\CCCCCCCCC(=O)OC[C@@H](COC(=O)CCCCCCC/C=C\CCCCCCCC)OC(=O)CCCCCCCCC/C=C\CCCCCCCCCC. The van der Waals surface area contributed by atoms with Crippen LogP contribution in [-0.4, -0.2) is 37.2 Å². The summed E-state index contributed by atoms with van der Waals surface area (Å²) >= 11 is 0. The van der Waals surface area contributed by atoms with Crippen LogP contribution in [0, 0.1) is 0 Å². The molecule has 0 amide bonds. The van der Waals surface area contributed by atoms with Crippen LogP contribution in [0.3, 0.4) is 0 Å². The van der Waals surface area contributed by atoms with Crippen LogP contribution >= 0.6 is 0 Å². The van der Waals surface area contributed by atoms with E-state index in [1.54, 1.807) is 0 Å². The fourth-order valence-electron chi connectivity index (χ4n) is 8.79. The molecule has 0 spiro atoms. The fraction of sp³-hybridized carbons (Fsp3) is 0.800. The zero-order valence-corrected chi connectivity index (χ0v) is 47.2. The highest BCUT2D eigenvalue weighted by Gasteiger charge is 2.19. The van der Waals surface area contributed by atoms with Crippen LogP contribution in [0.1, 0.15) is 316 Å². The number of esters is 3. The zero-order chi connectivity index (χ0) is 51.4. The normalized spacial score (nSPS) is 12.4. The highest BCUT2D eigenvalue weighted by molar-refractivity contribution is 5.71. The third-order valence-corrected chi connectivity index (χ3v) is 13.5. The lowest BCUT2D eigenvalue weighted by Gasteiger charge is -2.18.